The van der Waals surface area contributed by atoms with Crippen LogP contribution in [0.2, 0.25) is 0 Å². The van der Waals surface area contributed by atoms with Crippen LogP contribution in [-0.2, 0) is 4.74 Å². The third-order valence-electron chi connectivity index (χ3n) is 2.32. The van der Waals surface area contributed by atoms with E-state index in [4.69, 9.17) is 10.5 Å². The number of rotatable bonds is 3. The van der Waals surface area contributed by atoms with Gasteiger partial charge < -0.3 is 10.5 Å². The fourth-order valence-corrected chi connectivity index (χ4v) is 1.52. The Labute approximate surface area is 104 Å². The average Bonchev–Trinajstić information content (AvgIpc) is 2.72. The highest BCUT2D eigenvalue weighted by Crippen LogP contribution is 2.14. The first-order chi connectivity index (χ1) is 8.61. The molecule has 0 fully saturated rings. The molecule has 6 heteroatoms. The largest absolute Gasteiger partial charge is 0.461 e. The Bertz CT molecular complexity index is 577. The van der Waals surface area contributed by atoms with Crippen molar-refractivity contribution in [3.05, 3.63) is 35.8 Å². The molecular weight excluding hydrogens is 232 g/mol. The molecule has 0 aliphatic carbocycles. The quantitative estimate of drug-likeness (QED) is 0.826. The van der Waals surface area contributed by atoms with Crippen molar-refractivity contribution < 1.29 is 9.53 Å². The van der Waals surface area contributed by atoms with Crippen molar-refractivity contribution >= 4 is 11.7 Å². The number of pyridine rings is 1. The Balaban J connectivity index is 2.37. The van der Waals surface area contributed by atoms with E-state index in [2.05, 4.69) is 10.1 Å². The predicted molar refractivity (Wildman–Crippen MR) is 66.5 cm³/mol. The molecule has 0 saturated carbocycles. The van der Waals surface area contributed by atoms with Crippen LogP contribution in [0.5, 0.6) is 0 Å². The lowest BCUT2D eigenvalue weighted by Gasteiger charge is -2.00. The van der Waals surface area contributed by atoms with Crippen LogP contribution in [0.3, 0.4) is 0 Å². The summed E-state index contributed by atoms with van der Waals surface area (Å²) in [4.78, 5) is 15.9. The molecule has 0 aromatic carbocycles. The summed E-state index contributed by atoms with van der Waals surface area (Å²) in [5.41, 5.74) is 6.98. The van der Waals surface area contributed by atoms with E-state index in [9.17, 15) is 4.79 Å². The smallest absolute Gasteiger partial charge is 0.361 e. The van der Waals surface area contributed by atoms with Gasteiger partial charge in [0, 0.05) is 5.69 Å². The number of nitrogen functional groups attached to an aromatic ring is 1. The van der Waals surface area contributed by atoms with Crippen molar-refractivity contribution in [2.24, 2.45) is 0 Å². The zero-order valence-electron chi connectivity index (χ0n) is 10.3. The molecule has 0 aliphatic rings. The number of aryl methyl sites for hydroxylation is 1. The van der Waals surface area contributed by atoms with Crippen LogP contribution in [0.1, 0.15) is 23.1 Å². The van der Waals surface area contributed by atoms with Crippen molar-refractivity contribution in [2.45, 2.75) is 13.8 Å². The third-order valence-corrected chi connectivity index (χ3v) is 2.32. The highest BCUT2D eigenvalue weighted by Gasteiger charge is 2.16. The third kappa shape index (κ3) is 2.32. The first-order valence-electron chi connectivity index (χ1n) is 5.58. The maximum Gasteiger partial charge on any atom is 0.361 e. The number of aromatic nitrogens is 3. The first kappa shape index (κ1) is 12.1. The van der Waals surface area contributed by atoms with E-state index in [1.165, 1.54) is 4.68 Å². The van der Waals surface area contributed by atoms with Crippen molar-refractivity contribution in [1.29, 1.82) is 0 Å². The average molecular weight is 246 g/mol. The summed E-state index contributed by atoms with van der Waals surface area (Å²) in [5.74, 6) is 0.0821. The summed E-state index contributed by atoms with van der Waals surface area (Å²) >= 11 is 0. The van der Waals surface area contributed by atoms with Crippen molar-refractivity contribution in [1.82, 2.24) is 14.8 Å². The Kier molecular flexibility index (Phi) is 3.27. The van der Waals surface area contributed by atoms with Crippen molar-refractivity contribution in [3.8, 4) is 5.82 Å². The molecule has 0 saturated heterocycles. The molecule has 94 valence electrons. The van der Waals surface area contributed by atoms with E-state index < -0.39 is 5.97 Å². The normalized spacial score (nSPS) is 10.3. The lowest BCUT2D eigenvalue weighted by Crippen LogP contribution is -2.08. The Morgan fingerprint density at radius 2 is 2.28 bits per heavy atom. The lowest BCUT2D eigenvalue weighted by molar-refractivity contribution is 0.0520. The van der Waals surface area contributed by atoms with Gasteiger partial charge in [0.2, 0.25) is 0 Å². The van der Waals surface area contributed by atoms with Crippen LogP contribution in [0.4, 0.5) is 5.69 Å². The molecule has 0 aliphatic heterocycles. The summed E-state index contributed by atoms with van der Waals surface area (Å²) in [7, 11) is 0. The van der Waals surface area contributed by atoms with Gasteiger partial charge in [-0.3, -0.25) is 0 Å². The van der Waals surface area contributed by atoms with Gasteiger partial charge in [0.1, 0.15) is 0 Å². The van der Waals surface area contributed by atoms with Crippen molar-refractivity contribution in [3.63, 3.8) is 0 Å². The minimum absolute atomic E-state index is 0.111. The summed E-state index contributed by atoms with van der Waals surface area (Å²) in [6, 6.07) is 5.52. The van der Waals surface area contributed by atoms with Gasteiger partial charge >= 0.3 is 5.97 Å². The van der Waals surface area contributed by atoms with Crippen LogP contribution in [0, 0.1) is 6.92 Å². The highest BCUT2D eigenvalue weighted by molar-refractivity contribution is 5.92. The number of esters is 1. The molecule has 18 heavy (non-hydrogen) atoms. The predicted octanol–water partition coefficient (Wildman–Crippen LogP) is 1.33. The van der Waals surface area contributed by atoms with E-state index in [1.54, 1.807) is 19.2 Å². The molecule has 0 bridgehead atoms. The fraction of sp³-hybridized carbons (Fsp3) is 0.250. The minimum atomic E-state index is -0.526. The molecule has 2 heterocycles. The maximum atomic E-state index is 11.6. The van der Waals surface area contributed by atoms with E-state index in [-0.39, 0.29) is 18.0 Å². The number of carbonyl (C=O) groups is 1. The van der Waals surface area contributed by atoms with E-state index >= 15 is 0 Å². The number of nitrogens with two attached hydrogens (primary N) is 1. The first-order valence-corrected chi connectivity index (χ1v) is 5.58. The molecular formula is C12H14N4O2. The molecule has 2 aromatic heterocycles. The molecule has 2 aromatic rings. The second-order valence-corrected chi connectivity index (χ2v) is 3.74. The number of ether oxygens (including phenoxy) is 1. The molecule has 0 amide bonds. The Hall–Kier alpha value is -2.37. The molecule has 2 N–H and O–H groups in total. The molecule has 0 unspecified atom stereocenters. The van der Waals surface area contributed by atoms with Crippen LogP contribution >= 0.6 is 0 Å². The summed E-state index contributed by atoms with van der Waals surface area (Å²) in [6.45, 7) is 3.89. The van der Waals surface area contributed by atoms with Crippen LogP contribution in [-0.4, -0.2) is 27.3 Å². The number of anilines is 1. The molecule has 2 rings (SSSR count). The van der Waals surface area contributed by atoms with Gasteiger partial charge in [-0.25, -0.2) is 14.5 Å². The number of hydrogen-bond donors (Lipinski definition) is 1. The number of carbonyl (C=O) groups excluding carboxylic acids is 1. The number of hydrogen-bond acceptors (Lipinski definition) is 5. The zero-order chi connectivity index (χ0) is 13.1. The van der Waals surface area contributed by atoms with Crippen molar-refractivity contribution in [2.75, 3.05) is 12.3 Å². The van der Waals surface area contributed by atoms with Gasteiger partial charge in [-0.15, -0.1) is 0 Å². The summed E-state index contributed by atoms with van der Waals surface area (Å²) < 4.78 is 6.33. The van der Waals surface area contributed by atoms with Gasteiger partial charge in [-0.05, 0) is 26.0 Å². The molecule has 0 spiro atoms. The monoisotopic (exact) mass is 246 g/mol. The topological polar surface area (TPSA) is 83.0 Å². The van der Waals surface area contributed by atoms with Gasteiger partial charge in [0.25, 0.3) is 0 Å². The highest BCUT2D eigenvalue weighted by atomic mass is 16.5. The lowest BCUT2D eigenvalue weighted by atomic mass is 10.4. The molecule has 0 atom stereocenters. The van der Waals surface area contributed by atoms with E-state index in [0.717, 1.165) is 5.69 Å². The standard InChI is InChI=1S/C12H14N4O2/c1-3-18-12(17)11-9(13)7-16(15-11)10-6-4-5-8(2)14-10/h4-7H,3,13H2,1-2H3. The van der Waals surface area contributed by atoms with Crippen LogP contribution < -0.4 is 5.73 Å². The SMILES string of the molecule is CCOC(=O)c1nn(-c2cccc(C)n2)cc1N. The van der Waals surface area contributed by atoms with E-state index in [0.29, 0.717) is 5.82 Å². The Morgan fingerprint density at radius 3 is 2.94 bits per heavy atom. The summed E-state index contributed by atoms with van der Waals surface area (Å²) in [6.07, 6.45) is 1.55. The van der Waals surface area contributed by atoms with Gasteiger partial charge in [0.05, 0.1) is 18.5 Å². The van der Waals surface area contributed by atoms with E-state index in [1.807, 2.05) is 19.1 Å². The maximum absolute atomic E-state index is 11.6. The number of nitrogens with zero attached hydrogens (tertiary/aromatic N) is 3. The Morgan fingerprint density at radius 1 is 1.50 bits per heavy atom. The second-order valence-electron chi connectivity index (χ2n) is 3.74. The van der Waals surface area contributed by atoms with Gasteiger partial charge in [0.15, 0.2) is 11.5 Å². The zero-order valence-corrected chi connectivity index (χ0v) is 10.3. The molecule has 6 nitrogen and oxygen atoms in total. The molecule has 0 radical (unpaired) electrons. The van der Waals surface area contributed by atoms with Crippen LogP contribution in [0.15, 0.2) is 24.4 Å². The van der Waals surface area contributed by atoms with Gasteiger partial charge in [-0.1, -0.05) is 6.07 Å². The summed E-state index contributed by atoms with van der Waals surface area (Å²) in [5, 5.41) is 4.09. The minimum Gasteiger partial charge on any atom is -0.461 e. The van der Waals surface area contributed by atoms with Crippen LogP contribution in [0.25, 0.3) is 5.82 Å². The second kappa shape index (κ2) is 4.87. The van der Waals surface area contributed by atoms with Gasteiger partial charge in [-0.2, -0.15) is 5.10 Å². The fourth-order valence-electron chi connectivity index (χ4n) is 1.52.